The van der Waals surface area contributed by atoms with Gasteiger partial charge in [-0.2, -0.15) is 0 Å². The maximum absolute atomic E-state index is 12.3. The van der Waals surface area contributed by atoms with Crippen LogP contribution in [0.2, 0.25) is 0 Å². The molecule has 2 rings (SSSR count). The molecule has 0 aliphatic carbocycles. The van der Waals surface area contributed by atoms with Crippen molar-refractivity contribution in [3.8, 4) is 0 Å². The van der Waals surface area contributed by atoms with Crippen molar-refractivity contribution in [1.82, 2.24) is 15.2 Å². The predicted molar refractivity (Wildman–Crippen MR) is 87.0 cm³/mol. The number of hydrogen-bond acceptors (Lipinski definition) is 5. The van der Waals surface area contributed by atoms with Crippen molar-refractivity contribution in [3.63, 3.8) is 0 Å². The molecule has 1 N–H and O–H groups in total. The molecule has 2 heterocycles. The topological polar surface area (TPSA) is 74.8 Å². The number of nitrogens with one attached hydrogen (secondary N) is 1. The van der Waals surface area contributed by atoms with Crippen molar-refractivity contribution in [2.75, 3.05) is 45.8 Å². The van der Waals surface area contributed by atoms with Crippen molar-refractivity contribution in [2.24, 2.45) is 5.92 Å². The van der Waals surface area contributed by atoms with E-state index in [0.717, 1.165) is 11.4 Å². The molecule has 0 radical (unpaired) electrons. The fourth-order valence-electron chi connectivity index (χ4n) is 2.66. The highest BCUT2D eigenvalue weighted by Gasteiger charge is 2.33. The van der Waals surface area contributed by atoms with Crippen molar-refractivity contribution in [3.05, 3.63) is 23.9 Å². The molecule has 1 aromatic heterocycles. The van der Waals surface area contributed by atoms with E-state index in [1.165, 1.54) is 0 Å². The van der Waals surface area contributed by atoms with Crippen LogP contribution in [0.3, 0.4) is 0 Å². The first kappa shape index (κ1) is 17.2. The van der Waals surface area contributed by atoms with Crippen LogP contribution in [0, 0.1) is 5.92 Å². The Morgan fingerprint density at radius 2 is 2.30 bits per heavy atom. The van der Waals surface area contributed by atoms with E-state index in [0.29, 0.717) is 26.2 Å². The Labute approximate surface area is 136 Å². The molecule has 1 aliphatic rings. The summed E-state index contributed by atoms with van der Waals surface area (Å²) in [5, 5.41) is 2.92. The number of anilines is 1. The van der Waals surface area contributed by atoms with E-state index in [1.54, 1.807) is 18.2 Å². The lowest BCUT2D eigenvalue weighted by Gasteiger charge is -2.17. The summed E-state index contributed by atoms with van der Waals surface area (Å²) >= 11 is 0. The van der Waals surface area contributed by atoms with Crippen LogP contribution < -0.4 is 10.2 Å². The van der Waals surface area contributed by atoms with E-state index >= 15 is 0 Å². The van der Waals surface area contributed by atoms with Gasteiger partial charge in [-0.1, -0.05) is 6.07 Å². The van der Waals surface area contributed by atoms with E-state index in [4.69, 9.17) is 4.74 Å². The van der Waals surface area contributed by atoms with E-state index in [2.05, 4.69) is 10.3 Å². The summed E-state index contributed by atoms with van der Waals surface area (Å²) in [5.41, 5.74) is 0.950. The molecule has 1 aliphatic heterocycles. The van der Waals surface area contributed by atoms with Gasteiger partial charge >= 0.3 is 0 Å². The van der Waals surface area contributed by atoms with Gasteiger partial charge < -0.3 is 19.9 Å². The quantitative estimate of drug-likeness (QED) is 0.780. The molecule has 1 atom stereocenters. The van der Waals surface area contributed by atoms with Crippen molar-refractivity contribution < 1.29 is 14.3 Å². The highest BCUT2D eigenvalue weighted by Crippen LogP contribution is 2.19. The highest BCUT2D eigenvalue weighted by molar-refractivity contribution is 5.89. The van der Waals surface area contributed by atoms with Gasteiger partial charge in [-0.3, -0.25) is 9.59 Å². The summed E-state index contributed by atoms with van der Waals surface area (Å²) in [5.74, 6) is 0.459. The van der Waals surface area contributed by atoms with Crippen molar-refractivity contribution in [2.45, 2.75) is 13.0 Å². The van der Waals surface area contributed by atoms with Crippen LogP contribution in [0.15, 0.2) is 18.3 Å². The third kappa shape index (κ3) is 4.41. The largest absolute Gasteiger partial charge is 0.383 e. The molecule has 1 fully saturated rings. The molecular weight excluding hydrogens is 296 g/mol. The minimum absolute atomic E-state index is 0.0116. The predicted octanol–water partition coefficient (Wildman–Crippen LogP) is 0.259. The molecule has 1 unspecified atom stereocenters. The lowest BCUT2D eigenvalue weighted by molar-refractivity contribution is -0.129. The summed E-state index contributed by atoms with van der Waals surface area (Å²) in [7, 11) is 5.43. The van der Waals surface area contributed by atoms with Gasteiger partial charge in [-0.05, 0) is 6.07 Å². The number of amides is 2. The fraction of sp³-hybridized carbons (Fsp3) is 0.562. The maximum atomic E-state index is 12.3. The van der Waals surface area contributed by atoms with E-state index < -0.39 is 0 Å². The second kappa shape index (κ2) is 7.92. The van der Waals surface area contributed by atoms with E-state index in [1.807, 2.05) is 31.1 Å². The molecule has 0 aromatic carbocycles. The van der Waals surface area contributed by atoms with Crippen LogP contribution in [0.5, 0.6) is 0 Å². The minimum atomic E-state index is -0.293. The second-order valence-electron chi connectivity index (χ2n) is 5.83. The standard InChI is InChI=1S/C16H24N4O3/c1-19(2)15-12(5-4-6-17-15)10-18-16(22)13-9-14(21)20(11-13)7-8-23-3/h4-6,13H,7-11H2,1-3H3,(H,18,22). The molecule has 2 amide bonds. The molecule has 7 heteroatoms. The normalized spacial score (nSPS) is 17.4. The third-order valence-electron chi connectivity index (χ3n) is 3.89. The van der Waals surface area contributed by atoms with Crippen LogP contribution in [0.4, 0.5) is 5.82 Å². The smallest absolute Gasteiger partial charge is 0.225 e. The Morgan fingerprint density at radius 1 is 1.52 bits per heavy atom. The number of methoxy groups -OCH3 is 1. The minimum Gasteiger partial charge on any atom is -0.383 e. The maximum Gasteiger partial charge on any atom is 0.225 e. The average molecular weight is 320 g/mol. The van der Waals surface area contributed by atoms with Gasteiger partial charge in [-0.15, -0.1) is 0 Å². The SMILES string of the molecule is COCCN1CC(C(=O)NCc2cccnc2N(C)C)CC1=O. The highest BCUT2D eigenvalue weighted by atomic mass is 16.5. The molecule has 23 heavy (non-hydrogen) atoms. The summed E-state index contributed by atoms with van der Waals surface area (Å²) < 4.78 is 4.98. The summed E-state index contributed by atoms with van der Waals surface area (Å²) in [4.78, 5) is 32.1. The number of hydrogen-bond donors (Lipinski definition) is 1. The van der Waals surface area contributed by atoms with E-state index in [-0.39, 0.29) is 24.2 Å². The van der Waals surface area contributed by atoms with Crippen molar-refractivity contribution >= 4 is 17.6 Å². The molecule has 1 saturated heterocycles. The summed E-state index contributed by atoms with van der Waals surface area (Å²) in [6.07, 6.45) is 1.99. The van der Waals surface area contributed by atoms with Gasteiger partial charge in [0, 0.05) is 59.0 Å². The van der Waals surface area contributed by atoms with Crippen LogP contribution >= 0.6 is 0 Å². The first-order valence-corrected chi connectivity index (χ1v) is 7.68. The zero-order valence-corrected chi connectivity index (χ0v) is 13.9. The number of rotatable bonds is 7. The molecule has 7 nitrogen and oxygen atoms in total. The first-order valence-electron chi connectivity index (χ1n) is 7.68. The lowest BCUT2D eigenvalue weighted by Crippen LogP contribution is -2.34. The Kier molecular flexibility index (Phi) is 5.92. The van der Waals surface area contributed by atoms with Crippen LogP contribution in [-0.2, 0) is 20.9 Å². The lowest BCUT2D eigenvalue weighted by atomic mass is 10.1. The number of aromatic nitrogens is 1. The van der Waals surface area contributed by atoms with Crippen LogP contribution in [0.1, 0.15) is 12.0 Å². The van der Waals surface area contributed by atoms with Crippen LogP contribution in [0.25, 0.3) is 0 Å². The molecule has 0 bridgehead atoms. The average Bonchev–Trinajstić information content (AvgIpc) is 2.91. The Hall–Kier alpha value is -2.15. The molecular formula is C16H24N4O3. The zero-order chi connectivity index (χ0) is 16.8. The van der Waals surface area contributed by atoms with Crippen LogP contribution in [-0.4, -0.2) is 62.6 Å². The number of likely N-dealkylation sites (tertiary alicyclic amines) is 1. The van der Waals surface area contributed by atoms with Gasteiger partial charge in [0.15, 0.2) is 0 Å². The fourth-order valence-corrected chi connectivity index (χ4v) is 2.66. The number of carbonyl (C=O) groups is 2. The Bertz CT molecular complexity index is 562. The number of ether oxygens (including phenoxy) is 1. The van der Waals surface area contributed by atoms with E-state index in [9.17, 15) is 9.59 Å². The molecule has 1 aromatic rings. The molecule has 126 valence electrons. The number of nitrogens with zero attached hydrogens (tertiary/aromatic N) is 3. The first-order chi connectivity index (χ1) is 11.0. The third-order valence-corrected chi connectivity index (χ3v) is 3.89. The van der Waals surface area contributed by atoms with Gasteiger partial charge in [-0.25, -0.2) is 4.98 Å². The van der Waals surface area contributed by atoms with Crippen molar-refractivity contribution in [1.29, 1.82) is 0 Å². The summed E-state index contributed by atoms with van der Waals surface area (Å²) in [6.45, 7) is 1.89. The molecule has 0 spiro atoms. The van der Waals surface area contributed by atoms with Gasteiger partial charge in [0.2, 0.25) is 11.8 Å². The number of pyridine rings is 1. The Balaban J connectivity index is 1.90. The van der Waals surface area contributed by atoms with Gasteiger partial charge in [0.1, 0.15) is 5.82 Å². The van der Waals surface area contributed by atoms with Gasteiger partial charge in [0.05, 0.1) is 12.5 Å². The second-order valence-corrected chi connectivity index (χ2v) is 5.83. The monoisotopic (exact) mass is 320 g/mol. The summed E-state index contributed by atoms with van der Waals surface area (Å²) in [6, 6.07) is 3.79. The number of carbonyl (C=O) groups excluding carboxylic acids is 2. The molecule has 0 saturated carbocycles. The van der Waals surface area contributed by atoms with Gasteiger partial charge in [0.25, 0.3) is 0 Å². The zero-order valence-electron chi connectivity index (χ0n) is 13.9. The Morgan fingerprint density at radius 3 is 3.00 bits per heavy atom.